The maximum absolute atomic E-state index is 13.3. The zero-order valence-corrected chi connectivity index (χ0v) is 26.1. The van der Waals surface area contributed by atoms with Crippen LogP contribution in [0.4, 0.5) is 13.2 Å². The Bertz CT molecular complexity index is 1650. The van der Waals surface area contributed by atoms with Gasteiger partial charge in [0.2, 0.25) is 5.91 Å². The lowest BCUT2D eigenvalue weighted by atomic mass is 9.93. The first-order valence-corrected chi connectivity index (χ1v) is 14.9. The summed E-state index contributed by atoms with van der Waals surface area (Å²) in [6.07, 6.45) is -2.89. The molecule has 1 aliphatic rings. The lowest BCUT2D eigenvalue weighted by molar-refractivity contribution is -0.138. The number of benzene rings is 4. The second-order valence-corrected chi connectivity index (χ2v) is 11.1. The number of ether oxygens (including phenoxy) is 1. The van der Waals surface area contributed by atoms with Crippen molar-refractivity contribution in [1.29, 1.82) is 0 Å². The molecular weight excluding hydrogens is 617 g/mol. The highest BCUT2D eigenvalue weighted by Crippen LogP contribution is 2.46. The Hall–Kier alpha value is -4.34. The van der Waals surface area contributed by atoms with Crippen molar-refractivity contribution in [2.24, 2.45) is 0 Å². The van der Waals surface area contributed by atoms with Gasteiger partial charge in [0.1, 0.15) is 5.75 Å². The van der Waals surface area contributed by atoms with E-state index in [2.05, 4.69) is 34.9 Å². The molecular formula is C36H36ClF3N2O4. The van der Waals surface area contributed by atoms with E-state index in [0.717, 1.165) is 22.8 Å². The van der Waals surface area contributed by atoms with E-state index in [1.54, 1.807) is 18.2 Å². The first kappa shape index (κ1) is 34.5. The fourth-order valence-electron chi connectivity index (χ4n) is 6.12. The number of hydrogen-bond donors (Lipinski definition) is 3. The van der Waals surface area contributed by atoms with Crippen LogP contribution in [-0.4, -0.2) is 43.7 Å². The highest BCUT2D eigenvalue weighted by molar-refractivity contribution is 5.89. The number of para-hydroxylation sites is 1. The van der Waals surface area contributed by atoms with Crippen molar-refractivity contribution >= 4 is 24.3 Å². The van der Waals surface area contributed by atoms with Crippen molar-refractivity contribution in [3.05, 3.63) is 124 Å². The number of nitrogens with one attached hydrogen (secondary N) is 2. The number of carbonyl (C=O) groups excluding carboxylic acids is 1. The van der Waals surface area contributed by atoms with Gasteiger partial charge in [-0.05, 0) is 83.4 Å². The van der Waals surface area contributed by atoms with Crippen LogP contribution in [0.25, 0.3) is 11.1 Å². The van der Waals surface area contributed by atoms with Crippen LogP contribution >= 0.6 is 12.4 Å². The van der Waals surface area contributed by atoms with E-state index in [0.29, 0.717) is 56.4 Å². The minimum atomic E-state index is -4.51. The van der Waals surface area contributed by atoms with E-state index in [4.69, 9.17) is 4.74 Å². The highest BCUT2D eigenvalue weighted by atomic mass is 35.5. The Balaban J connectivity index is 0.00000480. The molecule has 0 fully saturated rings. The molecule has 1 amide bonds. The zero-order valence-electron chi connectivity index (χ0n) is 25.3. The van der Waals surface area contributed by atoms with Gasteiger partial charge in [-0.15, -0.1) is 12.4 Å². The summed E-state index contributed by atoms with van der Waals surface area (Å²) in [6, 6.07) is 25.5. The maximum atomic E-state index is 13.3. The van der Waals surface area contributed by atoms with Gasteiger partial charge >= 0.3 is 12.1 Å². The topological polar surface area (TPSA) is 87.7 Å². The molecule has 3 N–H and O–H groups in total. The van der Waals surface area contributed by atoms with Gasteiger partial charge < -0.3 is 20.5 Å². The summed E-state index contributed by atoms with van der Waals surface area (Å²) in [5.41, 5.74) is 6.03. The van der Waals surface area contributed by atoms with Gasteiger partial charge in [0.05, 0.1) is 18.2 Å². The van der Waals surface area contributed by atoms with Crippen LogP contribution in [0.5, 0.6) is 5.75 Å². The number of rotatable bonds is 13. The molecule has 0 aliphatic heterocycles. The van der Waals surface area contributed by atoms with Crippen LogP contribution < -0.4 is 15.4 Å². The number of alkyl halides is 3. The molecule has 1 aliphatic carbocycles. The van der Waals surface area contributed by atoms with E-state index in [1.165, 1.54) is 24.3 Å². The van der Waals surface area contributed by atoms with Crippen molar-refractivity contribution in [1.82, 2.24) is 10.6 Å². The second-order valence-electron chi connectivity index (χ2n) is 11.1. The molecule has 46 heavy (non-hydrogen) atoms. The van der Waals surface area contributed by atoms with E-state index in [1.807, 2.05) is 30.3 Å². The lowest BCUT2D eigenvalue weighted by Gasteiger charge is -2.16. The normalized spacial score (nSPS) is 12.2. The van der Waals surface area contributed by atoms with Gasteiger partial charge in [-0.1, -0.05) is 72.8 Å². The number of halogens is 4. The summed E-state index contributed by atoms with van der Waals surface area (Å²) in [5.74, 6) is -1.26. The maximum Gasteiger partial charge on any atom is 0.419 e. The Kier molecular flexibility index (Phi) is 11.5. The van der Waals surface area contributed by atoms with E-state index < -0.39 is 17.7 Å². The van der Waals surface area contributed by atoms with E-state index in [9.17, 15) is 27.9 Å². The number of carboxylic acid groups (broad SMARTS) is 1. The first-order chi connectivity index (χ1) is 21.7. The van der Waals surface area contributed by atoms with Crippen LogP contribution in [0, 0.1) is 0 Å². The van der Waals surface area contributed by atoms with Gasteiger partial charge in [-0.25, -0.2) is 4.79 Å². The molecule has 0 heterocycles. The Morgan fingerprint density at radius 2 is 1.43 bits per heavy atom. The molecule has 0 bridgehead atoms. The summed E-state index contributed by atoms with van der Waals surface area (Å²) in [5, 5.41) is 15.9. The highest BCUT2D eigenvalue weighted by Gasteiger charge is 2.35. The Morgan fingerprint density at radius 1 is 0.804 bits per heavy atom. The van der Waals surface area contributed by atoms with E-state index >= 15 is 0 Å². The van der Waals surface area contributed by atoms with E-state index in [-0.39, 0.29) is 35.5 Å². The van der Waals surface area contributed by atoms with Crippen molar-refractivity contribution in [2.75, 3.05) is 26.7 Å². The zero-order chi connectivity index (χ0) is 32.0. The van der Waals surface area contributed by atoms with Gasteiger partial charge in [0.15, 0.2) is 0 Å². The lowest BCUT2D eigenvalue weighted by Crippen LogP contribution is -2.27. The quantitative estimate of drug-likeness (QED) is 0.135. The molecule has 0 unspecified atom stereocenters. The number of fused-ring (bicyclic) bond motifs is 3. The van der Waals surface area contributed by atoms with Crippen LogP contribution in [0.2, 0.25) is 0 Å². The molecule has 0 spiro atoms. The predicted molar refractivity (Wildman–Crippen MR) is 174 cm³/mol. The Morgan fingerprint density at radius 3 is 2.04 bits per heavy atom. The predicted octanol–water partition coefficient (Wildman–Crippen LogP) is 7.07. The van der Waals surface area contributed by atoms with Crippen LogP contribution in [-0.2, 0) is 30.2 Å². The van der Waals surface area contributed by atoms with Gasteiger partial charge in [-0.2, -0.15) is 13.2 Å². The largest absolute Gasteiger partial charge is 0.496 e. The molecule has 0 saturated heterocycles. The number of methoxy groups -OCH3 is 1. The molecule has 5 rings (SSSR count). The molecule has 6 nitrogen and oxygen atoms in total. The molecule has 0 atom stereocenters. The number of aromatic carboxylic acids is 1. The third-order valence-corrected chi connectivity index (χ3v) is 8.24. The van der Waals surface area contributed by atoms with Gasteiger partial charge in [0.25, 0.3) is 0 Å². The van der Waals surface area contributed by atoms with Crippen LogP contribution in [0.3, 0.4) is 0 Å². The third-order valence-electron chi connectivity index (χ3n) is 8.24. The first-order valence-electron chi connectivity index (χ1n) is 14.9. The van der Waals surface area contributed by atoms with Crippen molar-refractivity contribution in [3.8, 4) is 16.9 Å². The average molecular weight is 653 g/mol. The summed E-state index contributed by atoms with van der Waals surface area (Å²) in [6.45, 7) is 1.24. The third kappa shape index (κ3) is 7.89. The summed E-state index contributed by atoms with van der Waals surface area (Å²) in [7, 11) is 1.22. The van der Waals surface area contributed by atoms with Gasteiger partial charge in [0, 0.05) is 18.9 Å². The second kappa shape index (κ2) is 15.3. The van der Waals surface area contributed by atoms with Gasteiger partial charge in [-0.3, -0.25) is 4.79 Å². The van der Waals surface area contributed by atoms with Crippen molar-refractivity contribution in [2.45, 2.75) is 37.8 Å². The minimum absolute atomic E-state index is 0. The molecule has 10 heteroatoms. The van der Waals surface area contributed by atoms with Crippen molar-refractivity contribution in [3.63, 3.8) is 0 Å². The summed E-state index contributed by atoms with van der Waals surface area (Å²) >= 11 is 0. The number of amides is 1. The molecule has 0 saturated carbocycles. The molecule has 242 valence electrons. The Labute approximate surface area is 272 Å². The molecule has 4 aromatic carbocycles. The molecule has 0 aromatic heterocycles. The number of carboxylic acids is 1. The summed E-state index contributed by atoms with van der Waals surface area (Å²) in [4.78, 5) is 24.8. The smallest absolute Gasteiger partial charge is 0.419 e. The van der Waals surface area contributed by atoms with Crippen molar-refractivity contribution < 1.29 is 32.6 Å². The monoisotopic (exact) mass is 652 g/mol. The molecule has 4 aromatic rings. The average Bonchev–Trinajstić information content (AvgIpc) is 3.33. The standard InChI is InChI=1S/C36H35F3N2O4.ClH/c1-45-34-24(7-6-12-32(34)36(37,38)39)16-18-40-19-17-25-21-23(13-14-26(25)35(43)44)15-20-41-33(42)22-31-29-10-4-2-8-27(29)28-9-3-5-11-30(28)31;/h2-14,21,31,40H,15-20,22H2,1H3,(H,41,42)(H,43,44);1H. The number of carbonyl (C=O) groups is 2. The number of hydrogen-bond acceptors (Lipinski definition) is 4. The SMILES string of the molecule is COc1c(CCNCCc2cc(CCNC(=O)CC3c4ccccc4-c4ccccc43)ccc2C(=O)O)cccc1C(F)(F)F.Cl. The fourth-order valence-corrected chi connectivity index (χ4v) is 6.12. The minimum Gasteiger partial charge on any atom is -0.496 e. The van der Waals surface area contributed by atoms with Crippen LogP contribution in [0.15, 0.2) is 84.9 Å². The fraction of sp³-hybridized carbons (Fsp3) is 0.278. The summed E-state index contributed by atoms with van der Waals surface area (Å²) < 4.78 is 45.0. The molecule has 0 radical (unpaired) electrons. The van der Waals surface area contributed by atoms with Crippen LogP contribution in [0.1, 0.15) is 56.1 Å².